The summed E-state index contributed by atoms with van der Waals surface area (Å²) < 4.78 is 3.45. The molecule has 1 heterocycles. The van der Waals surface area contributed by atoms with Gasteiger partial charge in [-0.05, 0) is 69.8 Å². The molecule has 0 bridgehead atoms. The number of nitrogens with zero attached hydrogens (tertiary/aromatic N) is 1. The van der Waals surface area contributed by atoms with Crippen molar-refractivity contribution in [2.75, 3.05) is 0 Å². The van der Waals surface area contributed by atoms with Gasteiger partial charge in [-0.2, -0.15) is 0 Å². The third-order valence-electron chi connectivity index (χ3n) is 7.27. The third-order valence-corrected chi connectivity index (χ3v) is 7.93. The van der Waals surface area contributed by atoms with Crippen LogP contribution in [0.4, 0.5) is 0 Å². The lowest BCUT2D eigenvalue weighted by Gasteiger charge is -2.11. The molecule has 0 aliphatic rings. The highest BCUT2D eigenvalue weighted by molar-refractivity contribution is 9.10. The summed E-state index contributed by atoms with van der Waals surface area (Å²) in [6.07, 6.45) is 0. The summed E-state index contributed by atoms with van der Waals surface area (Å²) in [4.78, 5) is 0. The van der Waals surface area contributed by atoms with Gasteiger partial charge >= 0.3 is 0 Å². The van der Waals surface area contributed by atoms with Crippen LogP contribution in [0.2, 0.25) is 0 Å². The van der Waals surface area contributed by atoms with Crippen LogP contribution in [0.15, 0.2) is 150 Å². The van der Waals surface area contributed by atoms with Crippen molar-refractivity contribution in [3.05, 3.63) is 150 Å². The lowest BCUT2D eigenvalue weighted by molar-refractivity contribution is 1.18. The fourth-order valence-corrected chi connectivity index (χ4v) is 6.04. The smallest absolute Gasteiger partial charge is 0.0547 e. The number of rotatable bonds is 4. The molecule has 0 unspecified atom stereocenters. The zero-order valence-corrected chi connectivity index (χ0v) is 22.3. The molecule has 0 N–H and O–H groups in total. The van der Waals surface area contributed by atoms with Gasteiger partial charge in [0.1, 0.15) is 0 Å². The molecule has 180 valence electrons. The molecule has 7 aromatic rings. The molecule has 1 aromatic heterocycles. The van der Waals surface area contributed by atoms with Gasteiger partial charge in [-0.1, -0.05) is 125 Å². The fraction of sp³-hybridized carbons (Fsp3) is 0. The quantitative estimate of drug-likeness (QED) is 0.205. The summed E-state index contributed by atoms with van der Waals surface area (Å²) in [6, 6.07) is 52.0. The van der Waals surface area contributed by atoms with Gasteiger partial charge < -0.3 is 4.57 Å². The normalized spacial score (nSPS) is 11.3. The second-order valence-electron chi connectivity index (χ2n) is 9.56. The van der Waals surface area contributed by atoms with Gasteiger partial charge in [0.25, 0.3) is 0 Å². The van der Waals surface area contributed by atoms with E-state index in [2.05, 4.69) is 166 Å². The molecule has 0 fully saturated rings. The van der Waals surface area contributed by atoms with E-state index < -0.39 is 0 Å². The molecule has 0 aliphatic heterocycles. The molecule has 38 heavy (non-hydrogen) atoms. The number of hydrogen-bond donors (Lipinski definition) is 0. The van der Waals surface area contributed by atoms with E-state index >= 15 is 0 Å². The van der Waals surface area contributed by atoms with Crippen LogP contribution in [0.25, 0.3) is 60.9 Å². The van der Waals surface area contributed by atoms with Crippen LogP contribution in [0.3, 0.4) is 0 Å². The predicted molar refractivity (Wildman–Crippen MR) is 165 cm³/mol. The summed E-state index contributed by atoms with van der Waals surface area (Å²) in [7, 11) is 0. The van der Waals surface area contributed by atoms with Crippen molar-refractivity contribution in [1.29, 1.82) is 0 Å². The van der Waals surface area contributed by atoms with Gasteiger partial charge in [0.15, 0.2) is 0 Å². The maximum absolute atomic E-state index is 3.89. The fourth-order valence-electron chi connectivity index (χ4n) is 5.43. The molecule has 6 aromatic carbocycles. The zero-order valence-electron chi connectivity index (χ0n) is 20.7. The van der Waals surface area contributed by atoms with E-state index in [4.69, 9.17) is 0 Å². The summed E-state index contributed by atoms with van der Waals surface area (Å²) in [5.41, 5.74) is 10.8. The minimum absolute atomic E-state index is 1.09. The Hall–Kier alpha value is -4.40. The molecule has 7 rings (SSSR count). The van der Waals surface area contributed by atoms with Crippen molar-refractivity contribution in [1.82, 2.24) is 4.57 Å². The van der Waals surface area contributed by atoms with E-state index in [-0.39, 0.29) is 0 Å². The second-order valence-corrected chi connectivity index (χ2v) is 10.4. The average molecular weight is 550 g/mol. The van der Waals surface area contributed by atoms with Gasteiger partial charge in [-0.25, -0.2) is 0 Å². The Balaban J connectivity index is 1.33. The van der Waals surface area contributed by atoms with E-state index in [1.165, 1.54) is 60.9 Å². The van der Waals surface area contributed by atoms with E-state index in [0.717, 1.165) is 4.47 Å². The molecular weight excluding hydrogens is 526 g/mol. The Bertz CT molecular complexity index is 1920. The van der Waals surface area contributed by atoms with E-state index in [9.17, 15) is 0 Å². The van der Waals surface area contributed by atoms with Gasteiger partial charge in [-0.15, -0.1) is 0 Å². The number of aromatic nitrogens is 1. The van der Waals surface area contributed by atoms with Crippen molar-refractivity contribution in [3.8, 4) is 39.1 Å². The molecule has 0 atom stereocenters. The summed E-state index contributed by atoms with van der Waals surface area (Å²) >= 11 is 3.89. The first-order valence-corrected chi connectivity index (χ1v) is 13.6. The molecule has 0 saturated carbocycles. The van der Waals surface area contributed by atoms with Crippen molar-refractivity contribution in [3.63, 3.8) is 0 Å². The van der Waals surface area contributed by atoms with Gasteiger partial charge in [0.2, 0.25) is 0 Å². The largest absolute Gasteiger partial charge is 0.309 e. The molecule has 2 heteroatoms. The van der Waals surface area contributed by atoms with Crippen molar-refractivity contribution in [2.45, 2.75) is 0 Å². The molecule has 1 nitrogen and oxygen atoms in total. The maximum atomic E-state index is 3.89. The van der Waals surface area contributed by atoms with Crippen molar-refractivity contribution < 1.29 is 0 Å². The first-order valence-electron chi connectivity index (χ1n) is 12.8. The zero-order chi connectivity index (χ0) is 25.5. The van der Waals surface area contributed by atoms with Crippen LogP contribution in [0.5, 0.6) is 0 Å². The van der Waals surface area contributed by atoms with E-state index in [1.807, 2.05) is 0 Å². The monoisotopic (exact) mass is 549 g/mol. The molecule has 0 amide bonds. The number of benzene rings is 6. The van der Waals surface area contributed by atoms with Crippen LogP contribution in [0.1, 0.15) is 0 Å². The van der Waals surface area contributed by atoms with E-state index in [0.29, 0.717) is 0 Å². The highest BCUT2D eigenvalue weighted by atomic mass is 79.9. The summed E-state index contributed by atoms with van der Waals surface area (Å²) in [5.74, 6) is 0. The molecule has 0 spiro atoms. The van der Waals surface area contributed by atoms with Crippen LogP contribution < -0.4 is 0 Å². The highest BCUT2D eigenvalue weighted by Gasteiger charge is 2.14. The third kappa shape index (κ3) is 3.95. The molecule has 0 aliphatic carbocycles. The van der Waals surface area contributed by atoms with Crippen LogP contribution in [-0.2, 0) is 0 Å². The Kier molecular flexibility index (Phi) is 5.68. The minimum atomic E-state index is 1.09. The Morgan fingerprint density at radius 1 is 0.395 bits per heavy atom. The molecular formula is C36H24BrN. The SMILES string of the molecule is Brc1cc(-c2ccc3c4ccccc4n(-c4ccccc4)c3c2)ccc1-c1cccc(-c2ccccc2)c1. The van der Waals surface area contributed by atoms with Gasteiger partial charge in [0.05, 0.1) is 11.0 Å². The van der Waals surface area contributed by atoms with E-state index in [1.54, 1.807) is 0 Å². The number of para-hydroxylation sites is 2. The second kappa shape index (κ2) is 9.48. The maximum Gasteiger partial charge on any atom is 0.0547 e. The molecule has 0 radical (unpaired) electrons. The average Bonchev–Trinajstić information content (AvgIpc) is 3.32. The highest BCUT2D eigenvalue weighted by Crippen LogP contribution is 2.37. The van der Waals surface area contributed by atoms with Crippen LogP contribution in [0, 0.1) is 0 Å². The van der Waals surface area contributed by atoms with Gasteiger partial charge in [0, 0.05) is 20.9 Å². The van der Waals surface area contributed by atoms with Crippen molar-refractivity contribution >= 4 is 37.7 Å². The number of halogens is 1. The predicted octanol–water partition coefficient (Wildman–Crippen LogP) is 10.5. The first-order chi connectivity index (χ1) is 18.8. The van der Waals surface area contributed by atoms with Gasteiger partial charge in [-0.3, -0.25) is 0 Å². The van der Waals surface area contributed by atoms with Crippen LogP contribution >= 0.6 is 15.9 Å². The lowest BCUT2D eigenvalue weighted by Crippen LogP contribution is -1.93. The topological polar surface area (TPSA) is 4.93 Å². The standard InChI is InChI=1S/C36H24BrN/c37-34-23-27(18-20-31(34)29-13-9-12-26(22-29)25-10-3-1-4-11-25)28-19-21-33-32-16-7-8-17-35(32)38(36(33)24-28)30-14-5-2-6-15-30/h1-24H. The Labute approximate surface area is 230 Å². The summed E-state index contributed by atoms with van der Waals surface area (Å²) in [6.45, 7) is 0. The first kappa shape index (κ1) is 22.8. The number of fused-ring (bicyclic) bond motifs is 3. The van der Waals surface area contributed by atoms with Crippen LogP contribution in [-0.4, -0.2) is 4.57 Å². The summed E-state index contributed by atoms with van der Waals surface area (Å²) in [5, 5.41) is 2.54. The lowest BCUT2D eigenvalue weighted by atomic mass is 9.97. The Morgan fingerprint density at radius 3 is 1.82 bits per heavy atom. The Morgan fingerprint density at radius 2 is 1.00 bits per heavy atom. The van der Waals surface area contributed by atoms with Crippen molar-refractivity contribution in [2.24, 2.45) is 0 Å². The minimum Gasteiger partial charge on any atom is -0.309 e. The number of hydrogen-bond acceptors (Lipinski definition) is 0. The molecule has 0 saturated heterocycles.